The molecule has 0 fully saturated rings. The number of nitrogens with one attached hydrogen (secondary N) is 1. The van der Waals surface area contributed by atoms with Gasteiger partial charge in [0.05, 0.1) is 10.7 Å². The van der Waals surface area contributed by atoms with Crippen molar-refractivity contribution in [2.45, 2.75) is 6.92 Å². The highest BCUT2D eigenvalue weighted by molar-refractivity contribution is 7.13. The molecule has 0 saturated carbocycles. The number of hydrogen-bond donors (Lipinski definition) is 1. The van der Waals surface area contributed by atoms with Crippen molar-refractivity contribution in [3.05, 3.63) is 33.8 Å². The summed E-state index contributed by atoms with van der Waals surface area (Å²) in [5.74, 6) is 0. The van der Waals surface area contributed by atoms with Gasteiger partial charge in [-0.3, -0.25) is 4.90 Å². The van der Waals surface area contributed by atoms with Crippen molar-refractivity contribution >= 4 is 51.4 Å². The van der Waals surface area contributed by atoms with E-state index in [1.165, 1.54) is 16.2 Å². The number of carbonyl (C=O) groups is 1. The number of aromatic nitrogens is 2. The number of amides is 2. The Labute approximate surface area is 124 Å². The number of halogens is 2. The highest BCUT2D eigenvalue weighted by Gasteiger charge is 2.17. The number of nitrogens with zero attached hydrogens (tertiary/aromatic N) is 3. The van der Waals surface area contributed by atoms with E-state index in [1.807, 2.05) is 6.92 Å². The van der Waals surface area contributed by atoms with Gasteiger partial charge >= 0.3 is 6.03 Å². The molecule has 8 heteroatoms. The van der Waals surface area contributed by atoms with Gasteiger partial charge in [0.1, 0.15) is 5.51 Å². The van der Waals surface area contributed by atoms with Crippen LogP contribution in [0, 0.1) is 0 Å². The van der Waals surface area contributed by atoms with E-state index in [-0.39, 0.29) is 6.03 Å². The summed E-state index contributed by atoms with van der Waals surface area (Å²) >= 11 is 13.1. The summed E-state index contributed by atoms with van der Waals surface area (Å²) < 4.78 is 0. The van der Waals surface area contributed by atoms with E-state index in [9.17, 15) is 4.79 Å². The standard InChI is InChI=1S/C11H10Cl2N4OS/c1-2-17(11-16-14-6-19-11)10(18)15-9-4-3-7(12)5-8(9)13/h3-6H,2H2,1H3,(H,15,18). The van der Waals surface area contributed by atoms with Crippen LogP contribution in [0.5, 0.6) is 0 Å². The summed E-state index contributed by atoms with van der Waals surface area (Å²) in [7, 11) is 0. The fraction of sp³-hybridized carbons (Fsp3) is 0.182. The second-order valence-corrected chi connectivity index (χ2v) is 5.18. The largest absolute Gasteiger partial charge is 0.328 e. The highest BCUT2D eigenvalue weighted by atomic mass is 35.5. The van der Waals surface area contributed by atoms with E-state index in [0.29, 0.717) is 27.4 Å². The van der Waals surface area contributed by atoms with E-state index in [1.54, 1.807) is 23.7 Å². The first-order valence-electron chi connectivity index (χ1n) is 5.41. The smallest absolute Gasteiger partial charge is 0.306 e. The van der Waals surface area contributed by atoms with Crippen LogP contribution in [0.3, 0.4) is 0 Å². The fourth-order valence-corrected chi connectivity index (χ4v) is 2.50. The number of carbonyl (C=O) groups excluding carboxylic acids is 1. The quantitative estimate of drug-likeness (QED) is 0.934. The molecule has 5 nitrogen and oxygen atoms in total. The molecule has 100 valence electrons. The summed E-state index contributed by atoms with van der Waals surface area (Å²) in [6.45, 7) is 2.33. The van der Waals surface area contributed by atoms with Gasteiger partial charge in [-0.2, -0.15) is 0 Å². The zero-order valence-electron chi connectivity index (χ0n) is 9.93. The first-order chi connectivity index (χ1) is 9.11. The van der Waals surface area contributed by atoms with Crippen molar-refractivity contribution in [3.63, 3.8) is 0 Å². The Balaban J connectivity index is 2.16. The molecule has 0 aliphatic carbocycles. The van der Waals surface area contributed by atoms with E-state index in [0.717, 1.165) is 0 Å². The van der Waals surface area contributed by atoms with E-state index in [4.69, 9.17) is 23.2 Å². The molecule has 2 aromatic rings. The Bertz CT molecular complexity index is 576. The van der Waals surface area contributed by atoms with Crippen LogP contribution < -0.4 is 10.2 Å². The van der Waals surface area contributed by atoms with E-state index < -0.39 is 0 Å². The lowest BCUT2D eigenvalue weighted by molar-refractivity contribution is 0.257. The Kier molecular flexibility index (Phi) is 4.57. The lowest BCUT2D eigenvalue weighted by Gasteiger charge is -2.18. The van der Waals surface area contributed by atoms with Gasteiger partial charge in [-0.05, 0) is 25.1 Å². The van der Waals surface area contributed by atoms with Crippen molar-refractivity contribution in [3.8, 4) is 0 Å². The average molecular weight is 317 g/mol. The Hall–Kier alpha value is -1.37. The molecular formula is C11H10Cl2N4OS. The predicted molar refractivity (Wildman–Crippen MR) is 78.4 cm³/mol. The molecule has 0 aliphatic heterocycles. The maximum Gasteiger partial charge on any atom is 0.328 e. The molecule has 0 bridgehead atoms. The van der Waals surface area contributed by atoms with Gasteiger partial charge in [-0.15, -0.1) is 10.2 Å². The summed E-state index contributed by atoms with van der Waals surface area (Å²) in [6.07, 6.45) is 0. The SMILES string of the molecule is CCN(C(=O)Nc1ccc(Cl)cc1Cl)c1nncs1. The van der Waals surface area contributed by atoms with Crippen molar-refractivity contribution in [1.29, 1.82) is 0 Å². The second kappa shape index (κ2) is 6.18. The van der Waals surface area contributed by atoms with Crippen LogP contribution >= 0.6 is 34.5 Å². The molecule has 1 aromatic heterocycles. The molecule has 2 amide bonds. The molecule has 1 N–H and O–H groups in total. The minimum absolute atomic E-state index is 0.316. The highest BCUT2D eigenvalue weighted by Crippen LogP contribution is 2.26. The molecule has 0 spiro atoms. The molecular weight excluding hydrogens is 307 g/mol. The molecule has 19 heavy (non-hydrogen) atoms. The summed E-state index contributed by atoms with van der Waals surface area (Å²) in [4.78, 5) is 13.6. The van der Waals surface area contributed by atoms with Crippen LogP contribution in [0.25, 0.3) is 0 Å². The van der Waals surface area contributed by atoms with Gasteiger partial charge in [0.15, 0.2) is 0 Å². The lowest BCUT2D eigenvalue weighted by atomic mass is 10.3. The van der Waals surface area contributed by atoms with Crippen LogP contribution in [-0.2, 0) is 0 Å². The molecule has 2 rings (SSSR count). The molecule has 0 aliphatic rings. The first kappa shape index (κ1) is 14.0. The third-order valence-electron chi connectivity index (χ3n) is 2.31. The molecule has 1 aromatic carbocycles. The summed E-state index contributed by atoms with van der Waals surface area (Å²) in [5, 5.41) is 11.7. The third kappa shape index (κ3) is 3.34. The van der Waals surface area contributed by atoms with Gasteiger partial charge in [0.25, 0.3) is 0 Å². The topological polar surface area (TPSA) is 58.1 Å². The maximum atomic E-state index is 12.1. The average Bonchev–Trinajstić information content (AvgIpc) is 2.87. The van der Waals surface area contributed by atoms with Crippen LogP contribution in [-0.4, -0.2) is 22.8 Å². The molecule has 0 saturated heterocycles. The Morgan fingerprint density at radius 2 is 2.26 bits per heavy atom. The van der Waals surface area contributed by atoms with Gasteiger partial charge < -0.3 is 5.32 Å². The maximum absolute atomic E-state index is 12.1. The van der Waals surface area contributed by atoms with E-state index >= 15 is 0 Å². The second-order valence-electron chi connectivity index (χ2n) is 3.52. The summed E-state index contributed by atoms with van der Waals surface area (Å²) in [5.41, 5.74) is 2.07. The van der Waals surface area contributed by atoms with Gasteiger partial charge in [0.2, 0.25) is 5.13 Å². The van der Waals surface area contributed by atoms with Gasteiger partial charge in [-0.25, -0.2) is 4.79 Å². The number of hydrogen-bond acceptors (Lipinski definition) is 4. The van der Waals surface area contributed by atoms with Crippen molar-refractivity contribution < 1.29 is 4.79 Å². The predicted octanol–water partition coefficient (Wildman–Crippen LogP) is 3.90. The minimum atomic E-state index is -0.316. The zero-order valence-corrected chi connectivity index (χ0v) is 12.3. The lowest BCUT2D eigenvalue weighted by Crippen LogP contribution is -2.34. The van der Waals surface area contributed by atoms with E-state index in [2.05, 4.69) is 15.5 Å². The number of benzene rings is 1. The van der Waals surface area contributed by atoms with Crippen molar-refractivity contribution in [1.82, 2.24) is 10.2 Å². The first-order valence-corrected chi connectivity index (χ1v) is 7.05. The van der Waals surface area contributed by atoms with Crippen LogP contribution in [0.2, 0.25) is 10.0 Å². The Morgan fingerprint density at radius 1 is 1.47 bits per heavy atom. The number of rotatable bonds is 3. The van der Waals surface area contributed by atoms with Crippen LogP contribution in [0.15, 0.2) is 23.7 Å². The minimum Gasteiger partial charge on any atom is -0.306 e. The zero-order chi connectivity index (χ0) is 13.8. The fourth-order valence-electron chi connectivity index (χ4n) is 1.42. The number of urea groups is 1. The number of anilines is 2. The molecule has 0 atom stereocenters. The summed E-state index contributed by atoms with van der Waals surface area (Å²) in [6, 6.07) is 4.56. The van der Waals surface area contributed by atoms with Crippen molar-refractivity contribution in [2.75, 3.05) is 16.8 Å². The molecule has 0 radical (unpaired) electrons. The Morgan fingerprint density at radius 3 is 2.84 bits per heavy atom. The third-order valence-corrected chi connectivity index (χ3v) is 3.57. The van der Waals surface area contributed by atoms with Crippen LogP contribution in [0.4, 0.5) is 15.6 Å². The monoisotopic (exact) mass is 316 g/mol. The molecule has 0 unspecified atom stereocenters. The van der Waals surface area contributed by atoms with Crippen LogP contribution in [0.1, 0.15) is 6.92 Å². The van der Waals surface area contributed by atoms with Gasteiger partial charge in [-0.1, -0.05) is 34.5 Å². The normalized spacial score (nSPS) is 10.3. The van der Waals surface area contributed by atoms with Crippen molar-refractivity contribution in [2.24, 2.45) is 0 Å². The van der Waals surface area contributed by atoms with Gasteiger partial charge in [0, 0.05) is 11.6 Å². The molecule has 1 heterocycles.